The predicted octanol–water partition coefficient (Wildman–Crippen LogP) is 2.03. The van der Waals surface area contributed by atoms with E-state index in [4.69, 9.17) is 14.2 Å². The molecule has 2 N–H and O–H groups in total. The van der Waals surface area contributed by atoms with Crippen LogP contribution in [0.4, 0.5) is 0 Å². The lowest BCUT2D eigenvalue weighted by molar-refractivity contribution is 0.298. The zero-order valence-corrected chi connectivity index (χ0v) is 21.1. The van der Waals surface area contributed by atoms with E-state index in [1.54, 1.807) is 28.4 Å². The van der Waals surface area contributed by atoms with Crippen LogP contribution < -0.4 is 24.8 Å². The maximum absolute atomic E-state index is 5.42. The summed E-state index contributed by atoms with van der Waals surface area (Å²) in [6, 6.07) is 4.00. The molecule has 0 fully saturated rings. The van der Waals surface area contributed by atoms with Crippen molar-refractivity contribution in [1.29, 1.82) is 0 Å². The summed E-state index contributed by atoms with van der Waals surface area (Å²) in [5, 5.41) is 11.0. The minimum absolute atomic E-state index is 0. The lowest BCUT2D eigenvalue weighted by atomic mass is 10.1. The van der Waals surface area contributed by atoms with Gasteiger partial charge in [0.2, 0.25) is 5.75 Å². The zero-order chi connectivity index (χ0) is 21.4. The minimum Gasteiger partial charge on any atom is -0.493 e. The number of aromatic nitrogens is 2. The van der Waals surface area contributed by atoms with Gasteiger partial charge in [0.25, 0.3) is 0 Å². The Labute approximate surface area is 195 Å². The average molecular weight is 532 g/mol. The molecule has 0 spiro atoms. The molecular weight excluding hydrogens is 499 g/mol. The third kappa shape index (κ3) is 6.66. The van der Waals surface area contributed by atoms with E-state index in [2.05, 4.69) is 25.6 Å². The molecule has 0 aliphatic heterocycles. The van der Waals surface area contributed by atoms with Gasteiger partial charge >= 0.3 is 0 Å². The van der Waals surface area contributed by atoms with Gasteiger partial charge in [-0.2, -0.15) is 5.10 Å². The fourth-order valence-corrected chi connectivity index (χ4v) is 3.05. The van der Waals surface area contributed by atoms with Crippen LogP contribution >= 0.6 is 24.0 Å². The first-order valence-corrected chi connectivity index (χ1v) is 9.31. The van der Waals surface area contributed by atoms with E-state index in [1.165, 1.54) is 0 Å². The number of guanidine groups is 1. The van der Waals surface area contributed by atoms with Crippen LogP contribution in [-0.2, 0) is 13.6 Å². The largest absolute Gasteiger partial charge is 0.493 e. The van der Waals surface area contributed by atoms with E-state index in [1.807, 2.05) is 50.4 Å². The molecule has 10 heteroatoms. The Kier molecular flexibility index (Phi) is 10.7. The van der Waals surface area contributed by atoms with Crippen molar-refractivity contribution in [3.05, 3.63) is 35.7 Å². The van der Waals surface area contributed by atoms with Gasteiger partial charge in [0, 0.05) is 38.9 Å². The van der Waals surface area contributed by atoms with Crippen molar-refractivity contribution in [2.45, 2.75) is 12.6 Å². The Morgan fingerprint density at radius 3 is 2.20 bits per heavy atom. The Bertz CT molecular complexity index is 800. The molecule has 2 rings (SSSR count). The number of rotatable bonds is 9. The summed E-state index contributed by atoms with van der Waals surface area (Å²) in [5.74, 6) is 2.52. The Balaban J connectivity index is 0.00000450. The van der Waals surface area contributed by atoms with Crippen LogP contribution in [0.25, 0.3) is 0 Å². The lowest BCUT2D eigenvalue weighted by Crippen LogP contribution is -2.41. The number of likely N-dealkylation sites (N-methyl/N-ethyl adjacent to an activating group) is 1. The summed E-state index contributed by atoms with van der Waals surface area (Å²) in [6.45, 7) is 1.24. The van der Waals surface area contributed by atoms with Crippen LogP contribution in [0.1, 0.15) is 17.2 Å². The van der Waals surface area contributed by atoms with Gasteiger partial charge < -0.3 is 29.7 Å². The Hall–Kier alpha value is -2.21. The molecule has 1 aromatic carbocycles. The second kappa shape index (κ2) is 12.5. The highest BCUT2D eigenvalue weighted by molar-refractivity contribution is 14.0. The molecule has 0 bridgehead atoms. The monoisotopic (exact) mass is 532 g/mol. The summed E-state index contributed by atoms with van der Waals surface area (Å²) in [5.41, 5.74) is 2.13. The topological polar surface area (TPSA) is 85.2 Å². The third-order valence-corrected chi connectivity index (χ3v) is 4.60. The summed E-state index contributed by atoms with van der Waals surface area (Å²) in [6.07, 6.45) is 3.91. The van der Waals surface area contributed by atoms with Crippen molar-refractivity contribution in [2.75, 3.05) is 49.0 Å². The van der Waals surface area contributed by atoms with Crippen LogP contribution in [0.2, 0.25) is 0 Å². The standard InChI is InChI=1S/C20H32N6O3.HI/c1-21-20(23-12-16(25(2)3)15-11-24-26(4)13-15)22-10-14-8-17(27-5)19(29-7)18(9-14)28-6;/h8-9,11,13,16H,10,12H2,1-7H3,(H2,21,22,23);1H. The predicted molar refractivity (Wildman–Crippen MR) is 129 cm³/mol. The third-order valence-electron chi connectivity index (χ3n) is 4.60. The van der Waals surface area contributed by atoms with Crippen molar-refractivity contribution < 1.29 is 14.2 Å². The number of benzene rings is 1. The van der Waals surface area contributed by atoms with Crippen molar-refractivity contribution in [3.63, 3.8) is 0 Å². The molecule has 30 heavy (non-hydrogen) atoms. The van der Waals surface area contributed by atoms with Crippen molar-refractivity contribution >= 4 is 29.9 Å². The van der Waals surface area contributed by atoms with Gasteiger partial charge in [0.05, 0.1) is 33.6 Å². The number of halogens is 1. The first kappa shape index (κ1) is 25.8. The maximum Gasteiger partial charge on any atom is 0.203 e. The summed E-state index contributed by atoms with van der Waals surface area (Å²) in [7, 11) is 12.6. The van der Waals surface area contributed by atoms with Crippen molar-refractivity contribution in [2.24, 2.45) is 12.0 Å². The van der Waals surface area contributed by atoms with Gasteiger partial charge in [-0.15, -0.1) is 24.0 Å². The summed E-state index contributed by atoms with van der Waals surface area (Å²) in [4.78, 5) is 6.47. The fraction of sp³-hybridized carbons (Fsp3) is 0.500. The second-order valence-corrected chi connectivity index (χ2v) is 6.77. The number of methoxy groups -OCH3 is 3. The molecule has 1 aromatic heterocycles. The average Bonchev–Trinajstić information content (AvgIpc) is 3.14. The quantitative estimate of drug-likeness (QED) is 0.291. The van der Waals surface area contributed by atoms with Gasteiger partial charge in [-0.3, -0.25) is 9.67 Å². The van der Waals surface area contributed by atoms with Gasteiger partial charge in [-0.05, 0) is 31.8 Å². The minimum atomic E-state index is 0. The van der Waals surface area contributed by atoms with Crippen LogP contribution in [-0.4, -0.2) is 69.7 Å². The SMILES string of the molecule is CN=C(NCc1cc(OC)c(OC)c(OC)c1)NCC(c1cnn(C)c1)N(C)C.I. The molecule has 0 aliphatic rings. The summed E-state index contributed by atoms with van der Waals surface area (Å²) < 4.78 is 18.0. The summed E-state index contributed by atoms with van der Waals surface area (Å²) >= 11 is 0. The second-order valence-electron chi connectivity index (χ2n) is 6.77. The molecule has 0 radical (unpaired) electrons. The molecule has 0 aliphatic carbocycles. The van der Waals surface area contributed by atoms with Crippen LogP contribution in [0.5, 0.6) is 17.2 Å². The van der Waals surface area contributed by atoms with Crippen LogP contribution in [0, 0.1) is 0 Å². The number of hydrogen-bond donors (Lipinski definition) is 2. The van der Waals surface area contributed by atoms with E-state index in [0.717, 1.165) is 11.1 Å². The van der Waals surface area contributed by atoms with Crippen LogP contribution in [0.15, 0.2) is 29.5 Å². The normalized spacial score (nSPS) is 12.2. The molecular formula is C20H33IN6O3. The number of ether oxygens (including phenoxy) is 3. The lowest BCUT2D eigenvalue weighted by Gasteiger charge is -2.24. The first-order valence-electron chi connectivity index (χ1n) is 9.31. The molecule has 0 saturated carbocycles. The molecule has 9 nitrogen and oxygen atoms in total. The van der Waals surface area contributed by atoms with E-state index in [9.17, 15) is 0 Å². The number of nitrogens with one attached hydrogen (secondary N) is 2. The molecule has 1 unspecified atom stereocenters. The van der Waals surface area contributed by atoms with E-state index in [0.29, 0.717) is 36.3 Å². The molecule has 1 heterocycles. The van der Waals surface area contributed by atoms with Gasteiger partial charge in [-0.1, -0.05) is 0 Å². The highest BCUT2D eigenvalue weighted by Crippen LogP contribution is 2.38. The molecule has 0 amide bonds. The first-order chi connectivity index (χ1) is 13.9. The highest BCUT2D eigenvalue weighted by Gasteiger charge is 2.17. The van der Waals surface area contributed by atoms with Crippen LogP contribution in [0.3, 0.4) is 0 Å². The molecule has 2 aromatic rings. The fourth-order valence-electron chi connectivity index (χ4n) is 3.05. The number of hydrogen-bond acceptors (Lipinski definition) is 6. The number of aryl methyl sites for hydroxylation is 1. The van der Waals surface area contributed by atoms with Gasteiger partial charge in [0.1, 0.15) is 0 Å². The highest BCUT2D eigenvalue weighted by atomic mass is 127. The van der Waals surface area contributed by atoms with Crippen molar-refractivity contribution in [1.82, 2.24) is 25.3 Å². The Morgan fingerprint density at radius 1 is 1.13 bits per heavy atom. The number of aliphatic imine (C=N–C) groups is 1. The molecule has 0 saturated heterocycles. The number of nitrogens with zero attached hydrogens (tertiary/aromatic N) is 4. The maximum atomic E-state index is 5.42. The van der Waals surface area contributed by atoms with E-state index < -0.39 is 0 Å². The smallest absolute Gasteiger partial charge is 0.203 e. The van der Waals surface area contributed by atoms with Crippen molar-refractivity contribution in [3.8, 4) is 17.2 Å². The van der Waals surface area contributed by atoms with E-state index in [-0.39, 0.29) is 30.0 Å². The molecule has 1 atom stereocenters. The Morgan fingerprint density at radius 2 is 1.77 bits per heavy atom. The zero-order valence-electron chi connectivity index (χ0n) is 18.7. The van der Waals surface area contributed by atoms with Gasteiger partial charge in [0.15, 0.2) is 17.5 Å². The molecule has 168 valence electrons. The van der Waals surface area contributed by atoms with Gasteiger partial charge in [-0.25, -0.2) is 0 Å². The van der Waals surface area contributed by atoms with E-state index >= 15 is 0 Å².